The van der Waals surface area contributed by atoms with Gasteiger partial charge in [-0.15, -0.1) is 0 Å². The average Bonchev–Trinajstić information content (AvgIpc) is 2.91. The van der Waals surface area contributed by atoms with Crippen molar-refractivity contribution in [2.75, 3.05) is 6.54 Å². The molecular formula is C22H26BClN2O4. The van der Waals surface area contributed by atoms with Gasteiger partial charge >= 0.3 is 13.2 Å². The zero-order chi connectivity index (χ0) is 21.8. The van der Waals surface area contributed by atoms with Crippen LogP contribution in [0, 0.1) is 0 Å². The predicted molar refractivity (Wildman–Crippen MR) is 118 cm³/mol. The number of ether oxygens (including phenoxy) is 1. The Morgan fingerprint density at radius 1 is 1.10 bits per heavy atom. The number of nitrogens with one attached hydrogen (secondary N) is 1. The molecule has 1 aromatic carbocycles. The van der Waals surface area contributed by atoms with Gasteiger partial charge in [0.05, 0.1) is 16.9 Å². The highest BCUT2D eigenvalue weighted by Gasteiger charge is 2.52. The van der Waals surface area contributed by atoms with E-state index in [2.05, 4.69) is 10.3 Å². The second-order valence-corrected chi connectivity index (χ2v) is 8.50. The van der Waals surface area contributed by atoms with Crippen molar-refractivity contribution in [2.24, 2.45) is 0 Å². The van der Waals surface area contributed by atoms with Gasteiger partial charge in [0.15, 0.2) is 0 Å². The lowest BCUT2D eigenvalue weighted by atomic mass is 9.77. The van der Waals surface area contributed by atoms with Gasteiger partial charge in [-0.05, 0) is 56.9 Å². The van der Waals surface area contributed by atoms with Crippen LogP contribution in [0.25, 0.3) is 6.08 Å². The molecule has 158 valence electrons. The van der Waals surface area contributed by atoms with E-state index in [1.807, 2.05) is 76.2 Å². The number of hydrogen-bond donors (Lipinski definition) is 1. The van der Waals surface area contributed by atoms with Crippen molar-refractivity contribution in [3.63, 3.8) is 0 Å². The Balaban J connectivity index is 1.71. The van der Waals surface area contributed by atoms with Crippen molar-refractivity contribution in [1.29, 1.82) is 0 Å². The summed E-state index contributed by atoms with van der Waals surface area (Å²) in [5.74, 6) is 0. The van der Waals surface area contributed by atoms with Gasteiger partial charge in [-0.2, -0.15) is 0 Å². The molecule has 1 aliphatic heterocycles. The highest BCUT2D eigenvalue weighted by molar-refractivity contribution is 6.56. The molecule has 0 atom stereocenters. The number of nitrogens with zero attached hydrogens (tertiary/aromatic N) is 1. The first kappa shape index (κ1) is 22.3. The fourth-order valence-corrected chi connectivity index (χ4v) is 3.01. The Labute approximate surface area is 182 Å². The summed E-state index contributed by atoms with van der Waals surface area (Å²) in [6, 6.07) is 14.8. The first-order valence-corrected chi connectivity index (χ1v) is 10.2. The molecule has 1 aromatic heterocycles. The molecule has 2 heterocycles. The summed E-state index contributed by atoms with van der Waals surface area (Å²) in [4.78, 5) is 16.5. The summed E-state index contributed by atoms with van der Waals surface area (Å²) in [5, 5.41) is 3.15. The molecule has 3 rings (SSSR count). The van der Waals surface area contributed by atoms with Crippen molar-refractivity contribution in [3.8, 4) is 0 Å². The standard InChI is InChI=1S/C22H26BClN2O4/c1-21(2)22(3,4)30-23(29-21)17(13-18-11-8-12-19(24)26-18)14-25-20(27)28-15-16-9-6-5-7-10-16/h5-13H,14-15H2,1-4H3,(H,25,27). The van der Waals surface area contributed by atoms with E-state index in [-0.39, 0.29) is 13.2 Å². The number of benzene rings is 1. The van der Waals surface area contributed by atoms with Gasteiger partial charge in [0.1, 0.15) is 11.8 Å². The zero-order valence-corrected chi connectivity index (χ0v) is 18.4. The second-order valence-electron chi connectivity index (χ2n) is 8.11. The number of hydrogen-bond acceptors (Lipinski definition) is 5. The number of carbonyl (C=O) groups excluding carboxylic acids is 1. The SMILES string of the molecule is CC1(C)OB(C(=Cc2cccc(Cl)n2)CNC(=O)OCc2ccccc2)OC1(C)C. The van der Waals surface area contributed by atoms with Gasteiger partial charge in [-0.1, -0.05) is 48.0 Å². The fourth-order valence-electron chi connectivity index (χ4n) is 2.84. The van der Waals surface area contributed by atoms with E-state index in [1.54, 1.807) is 6.07 Å². The predicted octanol–water partition coefficient (Wildman–Crippen LogP) is 4.68. The fraction of sp³-hybridized carbons (Fsp3) is 0.364. The van der Waals surface area contributed by atoms with E-state index < -0.39 is 24.4 Å². The number of alkyl carbamates (subject to hydrolysis) is 1. The third kappa shape index (κ3) is 5.62. The van der Waals surface area contributed by atoms with Gasteiger partial charge in [0.2, 0.25) is 0 Å². The van der Waals surface area contributed by atoms with Crippen molar-refractivity contribution < 1.29 is 18.8 Å². The number of halogens is 1. The Hall–Kier alpha value is -2.35. The van der Waals surface area contributed by atoms with E-state index in [9.17, 15) is 4.79 Å². The molecule has 1 aliphatic rings. The average molecular weight is 429 g/mol. The molecule has 0 bridgehead atoms. The van der Waals surface area contributed by atoms with Crippen LogP contribution in [-0.4, -0.2) is 35.9 Å². The maximum atomic E-state index is 12.2. The lowest BCUT2D eigenvalue weighted by molar-refractivity contribution is 0.00578. The zero-order valence-electron chi connectivity index (χ0n) is 17.6. The molecule has 1 N–H and O–H groups in total. The van der Waals surface area contributed by atoms with Crippen molar-refractivity contribution in [3.05, 3.63) is 70.4 Å². The topological polar surface area (TPSA) is 69.7 Å². The van der Waals surface area contributed by atoms with Crippen molar-refractivity contribution in [2.45, 2.75) is 45.5 Å². The first-order chi connectivity index (χ1) is 14.2. The van der Waals surface area contributed by atoms with Crippen LogP contribution in [0.1, 0.15) is 39.0 Å². The number of rotatable bonds is 6. The lowest BCUT2D eigenvalue weighted by Gasteiger charge is -2.32. The molecule has 1 amide bonds. The minimum Gasteiger partial charge on any atom is -0.445 e. The summed E-state index contributed by atoms with van der Waals surface area (Å²) >= 11 is 6.01. The van der Waals surface area contributed by atoms with Gasteiger partial charge in [0, 0.05) is 6.54 Å². The maximum absolute atomic E-state index is 12.2. The molecule has 0 unspecified atom stereocenters. The minimum absolute atomic E-state index is 0.179. The number of carbonyl (C=O) groups is 1. The Bertz CT molecular complexity index is 902. The molecule has 30 heavy (non-hydrogen) atoms. The Morgan fingerprint density at radius 2 is 1.77 bits per heavy atom. The van der Waals surface area contributed by atoms with Crippen LogP contribution >= 0.6 is 11.6 Å². The second kappa shape index (κ2) is 9.21. The van der Waals surface area contributed by atoms with E-state index in [1.165, 1.54) is 0 Å². The summed E-state index contributed by atoms with van der Waals surface area (Å²) < 4.78 is 17.6. The van der Waals surface area contributed by atoms with Crippen LogP contribution < -0.4 is 5.32 Å². The monoisotopic (exact) mass is 428 g/mol. The van der Waals surface area contributed by atoms with E-state index in [0.29, 0.717) is 16.3 Å². The highest BCUT2D eigenvalue weighted by atomic mass is 35.5. The molecule has 0 radical (unpaired) electrons. The third-order valence-electron chi connectivity index (χ3n) is 5.28. The van der Waals surface area contributed by atoms with Gasteiger partial charge in [0.25, 0.3) is 0 Å². The van der Waals surface area contributed by atoms with E-state index in [0.717, 1.165) is 5.56 Å². The van der Waals surface area contributed by atoms with Gasteiger partial charge in [-0.25, -0.2) is 9.78 Å². The van der Waals surface area contributed by atoms with Crippen LogP contribution in [0.4, 0.5) is 4.79 Å². The molecule has 8 heteroatoms. The number of aromatic nitrogens is 1. The van der Waals surface area contributed by atoms with Crippen LogP contribution in [0.5, 0.6) is 0 Å². The molecule has 1 saturated heterocycles. The number of pyridine rings is 1. The summed E-state index contributed by atoms with van der Waals surface area (Å²) in [5.41, 5.74) is 1.25. The third-order valence-corrected chi connectivity index (χ3v) is 5.49. The molecule has 1 fully saturated rings. The largest absolute Gasteiger partial charge is 0.492 e. The van der Waals surface area contributed by atoms with Gasteiger partial charge < -0.3 is 19.4 Å². The summed E-state index contributed by atoms with van der Waals surface area (Å²) in [7, 11) is -0.634. The molecule has 0 aliphatic carbocycles. The van der Waals surface area contributed by atoms with E-state index >= 15 is 0 Å². The molecular weight excluding hydrogens is 403 g/mol. The Kier molecular flexibility index (Phi) is 6.86. The molecule has 2 aromatic rings. The van der Waals surface area contributed by atoms with Crippen LogP contribution in [0.3, 0.4) is 0 Å². The molecule has 0 spiro atoms. The number of amides is 1. The van der Waals surface area contributed by atoms with Crippen molar-refractivity contribution >= 4 is 30.9 Å². The maximum Gasteiger partial charge on any atom is 0.492 e. The molecule has 0 saturated carbocycles. The highest BCUT2D eigenvalue weighted by Crippen LogP contribution is 2.38. The van der Waals surface area contributed by atoms with Crippen LogP contribution in [0.15, 0.2) is 54.0 Å². The summed E-state index contributed by atoms with van der Waals surface area (Å²) in [6.45, 7) is 8.28. The van der Waals surface area contributed by atoms with Crippen molar-refractivity contribution in [1.82, 2.24) is 10.3 Å². The first-order valence-electron chi connectivity index (χ1n) is 9.79. The molecule has 6 nitrogen and oxygen atoms in total. The lowest BCUT2D eigenvalue weighted by Crippen LogP contribution is -2.41. The summed E-state index contributed by atoms with van der Waals surface area (Å²) in [6.07, 6.45) is 1.28. The van der Waals surface area contributed by atoms with Crippen LogP contribution in [0.2, 0.25) is 5.15 Å². The smallest absolute Gasteiger partial charge is 0.445 e. The minimum atomic E-state index is -0.634. The normalized spacial score (nSPS) is 17.6. The van der Waals surface area contributed by atoms with Crippen LogP contribution in [-0.2, 0) is 20.7 Å². The quantitative estimate of drug-likeness (QED) is 0.534. The Morgan fingerprint density at radius 3 is 2.40 bits per heavy atom. The van der Waals surface area contributed by atoms with E-state index in [4.69, 9.17) is 25.6 Å². The van der Waals surface area contributed by atoms with Gasteiger partial charge in [-0.3, -0.25) is 0 Å².